The Morgan fingerprint density at radius 3 is 2.48 bits per heavy atom. The molecule has 33 heavy (non-hydrogen) atoms. The Balaban J connectivity index is 1.63. The molecule has 3 aromatic rings. The van der Waals surface area contributed by atoms with Crippen LogP contribution in [-0.2, 0) is 17.6 Å². The smallest absolute Gasteiger partial charge is 0.414 e. The van der Waals surface area contributed by atoms with Gasteiger partial charge in [-0.25, -0.2) is 9.78 Å². The second kappa shape index (κ2) is 9.08. The number of methoxy groups -OCH3 is 2. The molecule has 0 unspecified atom stereocenters. The van der Waals surface area contributed by atoms with Gasteiger partial charge >= 0.3 is 6.09 Å². The lowest BCUT2D eigenvalue weighted by molar-refractivity contribution is 0.175. The van der Waals surface area contributed by atoms with Crippen molar-refractivity contribution in [2.24, 2.45) is 0 Å². The molecule has 1 fully saturated rings. The lowest BCUT2D eigenvalue weighted by atomic mass is 9.94. The van der Waals surface area contributed by atoms with E-state index in [0.717, 1.165) is 42.0 Å². The molecule has 2 heterocycles. The van der Waals surface area contributed by atoms with E-state index >= 15 is 0 Å². The SMILES string of the molecule is COC(=O)N1c2ccc3c(nc(Cc4ccc(OC)cc4)n3C3CCCCC3)c2CC[C@@H]1C. The molecule has 2 aliphatic rings. The van der Waals surface area contributed by atoms with E-state index in [4.69, 9.17) is 14.5 Å². The Morgan fingerprint density at radius 1 is 1.03 bits per heavy atom. The van der Waals surface area contributed by atoms with E-state index < -0.39 is 0 Å². The van der Waals surface area contributed by atoms with Crippen molar-refractivity contribution in [3.8, 4) is 5.75 Å². The van der Waals surface area contributed by atoms with Gasteiger partial charge in [-0.2, -0.15) is 0 Å². The molecular weight excluding hydrogens is 414 g/mol. The number of hydrogen-bond acceptors (Lipinski definition) is 4. The van der Waals surface area contributed by atoms with Crippen molar-refractivity contribution < 1.29 is 14.3 Å². The number of carbonyl (C=O) groups is 1. The third kappa shape index (κ3) is 3.96. The van der Waals surface area contributed by atoms with Gasteiger partial charge in [0.2, 0.25) is 0 Å². The first-order chi connectivity index (χ1) is 16.1. The lowest BCUT2D eigenvalue weighted by Crippen LogP contribution is -2.42. The standard InChI is InChI=1S/C27H33N3O3/c1-18-9-14-22-23(29(18)27(31)33-3)15-16-24-26(22)28-25(30(24)20-7-5-4-6-8-20)17-19-10-12-21(32-2)13-11-19/h10-13,15-16,18,20H,4-9,14,17H2,1-3H3/t18-/m0/s1. The van der Waals surface area contributed by atoms with Gasteiger partial charge < -0.3 is 14.0 Å². The minimum atomic E-state index is -0.298. The molecule has 1 saturated carbocycles. The average Bonchev–Trinajstić information content (AvgIpc) is 3.22. The fourth-order valence-electron chi connectivity index (χ4n) is 5.62. The van der Waals surface area contributed by atoms with E-state index in [1.807, 2.05) is 12.1 Å². The van der Waals surface area contributed by atoms with Crippen molar-refractivity contribution in [2.45, 2.75) is 70.4 Å². The number of aromatic nitrogens is 2. The highest BCUT2D eigenvalue weighted by atomic mass is 16.5. The van der Waals surface area contributed by atoms with Crippen molar-refractivity contribution in [1.29, 1.82) is 0 Å². The predicted octanol–water partition coefficient (Wildman–Crippen LogP) is 6.05. The first-order valence-corrected chi connectivity index (χ1v) is 12.1. The number of hydrogen-bond donors (Lipinski definition) is 0. The summed E-state index contributed by atoms with van der Waals surface area (Å²) in [4.78, 5) is 19.6. The van der Waals surface area contributed by atoms with E-state index in [1.165, 1.54) is 55.9 Å². The largest absolute Gasteiger partial charge is 0.497 e. The van der Waals surface area contributed by atoms with Gasteiger partial charge in [0.15, 0.2) is 0 Å². The number of carbonyl (C=O) groups excluding carboxylic acids is 1. The van der Waals surface area contributed by atoms with Crippen LogP contribution in [0, 0.1) is 0 Å². The van der Waals surface area contributed by atoms with Crippen LogP contribution >= 0.6 is 0 Å². The Bertz CT molecular complexity index is 1150. The van der Waals surface area contributed by atoms with Crippen molar-refractivity contribution in [1.82, 2.24) is 9.55 Å². The third-order valence-corrected chi connectivity index (χ3v) is 7.36. The number of amides is 1. The number of fused-ring (bicyclic) bond motifs is 3. The molecule has 1 aliphatic heterocycles. The first kappa shape index (κ1) is 21.8. The zero-order valence-corrected chi connectivity index (χ0v) is 19.8. The van der Waals surface area contributed by atoms with Crippen LogP contribution in [0.25, 0.3) is 11.0 Å². The van der Waals surface area contributed by atoms with Crippen LogP contribution in [0.4, 0.5) is 10.5 Å². The Morgan fingerprint density at radius 2 is 1.79 bits per heavy atom. The van der Waals surface area contributed by atoms with E-state index in [0.29, 0.717) is 6.04 Å². The summed E-state index contributed by atoms with van der Waals surface area (Å²) in [6.45, 7) is 2.08. The molecule has 1 atom stereocenters. The van der Waals surface area contributed by atoms with Crippen molar-refractivity contribution in [3.63, 3.8) is 0 Å². The van der Waals surface area contributed by atoms with E-state index in [9.17, 15) is 4.79 Å². The molecule has 5 rings (SSSR count). The van der Waals surface area contributed by atoms with E-state index in [2.05, 4.69) is 35.8 Å². The van der Waals surface area contributed by atoms with Crippen LogP contribution in [0.5, 0.6) is 5.75 Å². The molecule has 0 radical (unpaired) electrons. The summed E-state index contributed by atoms with van der Waals surface area (Å²) in [6.07, 6.45) is 8.56. The Kier molecular flexibility index (Phi) is 6.00. The molecule has 1 amide bonds. The van der Waals surface area contributed by atoms with Crippen LogP contribution in [0.3, 0.4) is 0 Å². The molecule has 1 aliphatic carbocycles. The number of nitrogens with zero attached hydrogens (tertiary/aromatic N) is 3. The maximum absolute atomic E-state index is 12.6. The van der Waals surface area contributed by atoms with Gasteiger partial charge in [0.05, 0.1) is 30.9 Å². The minimum absolute atomic E-state index is 0.113. The fraction of sp³-hybridized carbons (Fsp3) is 0.481. The molecule has 6 heteroatoms. The number of anilines is 1. The van der Waals surface area contributed by atoms with Gasteiger partial charge in [-0.1, -0.05) is 31.4 Å². The molecule has 0 spiro atoms. The lowest BCUT2D eigenvalue weighted by Gasteiger charge is -2.34. The summed E-state index contributed by atoms with van der Waals surface area (Å²) >= 11 is 0. The maximum Gasteiger partial charge on any atom is 0.414 e. The van der Waals surface area contributed by atoms with Crippen LogP contribution in [0.1, 0.15) is 68.4 Å². The second-order valence-corrected chi connectivity index (χ2v) is 9.37. The molecule has 2 aromatic carbocycles. The number of aryl methyl sites for hydroxylation is 1. The highest BCUT2D eigenvalue weighted by molar-refractivity contribution is 5.95. The minimum Gasteiger partial charge on any atom is -0.497 e. The van der Waals surface area contributed by atoms with Crippen LogP contribution in [0.15, 0.2) is 36.4 Å². The summed E-state index contributed by atoms with van der Waals surface area (Å²) in [5, 5.41) is 0. The van der Waals surface area contributed by atoms with Crippen LogP contribution in [0.2, 0.25) is 0 Å². The summed E-state index contributed by atoms with van der Waals surface area (Å²) in [7, 11) is 3.14. The molecule has 6 nitrogen and oxygen atoms in total. The monoisotopic (exact) mass is 447 g/mol. The van der Waals surface area contributed by atoms with Crippen molar-refractivity contribution in [3.05, 3.63) is 53.3 Å². The number of rotatable bonds is 4. The topological polar surface area (TPSA) is 56.6 Å². The average molecular weight is 448 g/mol. The Labute approximate surface area is 195 Å². The van der Waals surface area contributed by atoms with Crippen LogP contribution < -0.4 is 9.64 Å². The first-order valence-electron chi connectivity index (χ1n) is 12.1. The normalized spacial score (nSPS) is 18.9. The van der Waals surface area contributed by atoms with Gasteiger partial charge in [-0.3, -0.25) is 4.90 Å². The molecule has 1 aromatic heterocycles. The van der Waals surface area contributed by atoms with Crippen LogP contribution in [-0.4, -0.2) is 35.9 Å². The maximum atomic E-state index is 12.6. The second-order valence-electron chi connectivity index (χ2n) is 9.37. The molecule has 0 N–H and O–H groups in total. The van der Waals surface area contributed by atoms with Gasteiger partial charge in [-0.15, -0.1) is 0 Å². The molecule has 0 saturated heterocycles. The van der Waals surface area contributed by atoms with Gasteiger partial charge in [-0.05, 0) is 62.4 Å². The molecule has 174 valence electrons. The fourth-order valence-corrected chi connectivity index (χ4v) is 5.62. The summed E-state index contributed by atoms with van der Waals surface area (Å²) in [6, 6.07) is 13.1. The summed E-state index contributed by atoms with van der Waals surface area (Å²) in [5.74, 6) is 1.98. The van der Waals surface area contributed by atoms with Gasteiger partial charge in [0.1, 0.15) is 11.6 Å². The van der Waals surface area contributed by atoms with E-state index in [-0.39, 0.29) is 12.1 Å². The highest BCUT2D eigenvalue weighted by Gasteiger charge is 2.32. The predicted molar refractivity (Wildman–Crippen MR) is 130 cm³/mol. The molecule has 0 bridgehead atoms. The zero-order valence-electron chi connectivity index (χ0n) is 19.8. The Hall–Kier alpha value is -3.02. The number of benzene rings is 2. The van der Waals surface area contributed by atoms with Gasteiger partial charge in [0.25, 0.3) is 0 Å². The van der Waals surface area contributed by atoms with E-state index in [1.54, 1.807) is 12.0 Å². The quantitative estimate of drug-likeness (QED) is 0.489. The number of ether oxygens (including phenoxy) is 2. The summed E-state index contributed by atoms with van der Waals surface area (Å²) < 4.78 is 12.9. The number of imidazole rings is 1. The van der Waals surface area contributed by atoms with Crippen molar-refractivity contribution in [2.75, 3.05) is 19.1 Å². The third-order valence-electron chi connectivity index (χ3n) is 7.36. The molecular formula is C27H33N3O3. The summed E-state index contributed by atoms with van der Waals surface area (Å²) in [5.41, 5.74) is 5.58. The zero-order chi connectivity index (χ0) is 22.9. The highest BCUT2D eigenvalue weighted by Crippen LogP contribution is 2.39. The van der Waals surface area contributed by atoms with Crippen molar-refractivity contribution >= 4 is 22.8 Å². The van der Waals surface area contributed by atoms with Gasteiger partial charge in [0, 0.05) is 24.1 Å².